The standard InChI is InChI=1S/C20H38O6Si2/c1-18(22)20(2,23)17-25-14-10-16-28(24-3,15-9-13-21)26-27(4,5)19-11-7-6-8-12-19/h6-8,11-12,18,21-23H,9-10,13-17H2,1-5H3. The number of hydrogen-bond acceptors (Lipinski definition) is 6. The molecule has 0 amide bonds. The highest BCUT2D eigenvalue weighted by Gasteiger charge is 2.42. The van der Waals surface area contributed by atoms with E-state index in [1.807, 2.05) is 18.2 Å². The molecule has 0 aromatic heterocycles. The minimum Gasteiger partial charge on any atom is -0.432 e. The summed E-state index contributed by atoms with van der Waals surface area (Å²) in [6.45, 7) is 8.11. The van der Waals surface area contributed by atoms with Gasteiger partial charge in [-0.25, -0.2) is 0 Å². The summed E-state index contributed by atoms with van der Waals surface area (Å²) in [6.07, 6.45) is 0.530. The fourth-order valence-electron chi connectivity index (χ4n) is 3.03. The maximum absolute atomic E-state index is 10.1. The average molecular weight is 431 g/mol. The van der Waals surface area contributed by atoms with Gasteiger partial charge >= 0.3 is 8.56 Å². The van der Waals surface area contributed by atoms with E-state index in [2.05, 4.69) is 25.2 Å². The molecule has 1 aromatic carbocycles. The molecule has 3 atom stereocenters. The molecule has 3 unspecified atom stereocenters. The molecule has 162 valence electrons. The lowest BCUT2D eigenvalue weighted by Crippen LogP contribution is -2.56. The monoisotopic (exact) mass is 430 g/mol. The van der Waals surface area contributed by atoms with Crippen LogP contribution >= 0.6 is 0 Å². The smallest absolute Gasteiger partial charge is 0.328 e. The zero-order valence-corrected chi connectivity index (χ0v) is 20.0. The number of hydrogen-bond donors (Lipinski definition) is 3. The van der Waals surface area contributed by atoms with Gasteiger partial charge in [0.05, 0.1) is 12.7 Å². The van der Waals surface area contributed by atoms with Crippen LogP contribution in [0.25, 0.3) is 0 Å². The Morgan fingerprint density at radius 1 is 1.11 bits per heavy atom. The fourth-order valence-corrected chi connectivity index (χ4v) is 11.4. The lowest BCUT2D eigenvalue weighted by molar-refractivity contribution is -0.102. The van der Waals surface area contributed by atoms with Gasteiger partial charge in [0.25, 0.3) is 0 Å². The quantitative estimate of drug-likeness (QED) is 0.309. The number of aliphatic hydroxyl groups is 3. The molecule has 0 fully saturated rings. The normalized spacial score (nSPS) is 17.7. The van der Waals surface area contributed by atoms with E-state index in [9.17, 15) is 15.3 Å². The van der Waals surface area contributed by atoms with Crippen molar-refractivity contribution < 1.29 is 28.6 Å². The first-order chi connectivity index (χ1) is 13.1. The molecule has 0 aliphatic rings. The summed E-state index contributed by atoms with van der Waals surface area (Å²) in [5, 5.41) is 30.2. The van der Waals surface area contributed by atoms with Crippen LogP contribution in [0.1, 0.15) is 26.7 Å². The number of aliphatic hydroxyl groups excluding tert-OH is 2. The van der Waals surface area contributed by atoms with Crippen LogP contribution in [0.15, 0.2) is 30.3 Å². The fraction of sp³-hybridized carbons (Fsp3) is 0.700. The molecule has 0 saturated heterocycles. The van der Waals surface area contributed by atoms with Gasteiger partial charge in [0.2, 0.25) is 8.32 Å². The van der Waals surface area contributed by atoms with Gasteiger partial charge in [-0.05, 0) is 57.1 Å². The van der Waals surface area contributed by atoms with Gasteiger partial charge < -0.3 is 28.6 Å². The first-order valence-electron chi connectivity index (χ1n) is 9.98. The van der Waals surface area contributed by atoms with Crippen molar-refractivity contribution in [2.24, 2.45) is 0 Å². The van der Waals surface area contributed by atoms with Gasteiger partial charge in [0.1, 0.15) is 5.60 Å². The molecule has 1 aromatic rings. The summed E-state index contributed by atoms with van der Waals surface area (Å²) in [5.41, 5.74) is -1.26. The Kier molecular flexibility index (Phi) is 10.5. The van der Waals surface area contributed by atoms with E-state index in [0.29, 0.717) is 13.0 Å². The van der Waals surface area contributed by atoms with Crippen LogP contribution < -0.4 is 5.19 Å². The number of ether oxygens (including phenoxy) is 1. The molecule has 0 aliphatic heterocycles. The Bertz CT molecular complexity index is 553. The molecule has 6 nitrogen and oxygen atoms in total. The van der Waals surface area contributed by atoms with Gasteiger partial charge in [-0.1, -0.05) is 30.3 Å². The van der Waals surface area contributed by atoms with Gasteiger partial charge in [0.15, 0.2) is 0 Å². The number of benzene rings is 1. The van der Waals surface area contributed by atoms with E-state index < -0.39 is 28.6 Å². The minimum absolute atomic E-state index is 0.0773. The Labute approximate surface area is 171 Å². The highest BCUT2D eigenvalue weighted by Crippen LogP contribution is 2.26. The van der Waals surface area contributed by atoms with E-state index in [-0.39, 0.29) is 13.2 Å². The highest BCUT2D eigenvalue weighted by molar-refractivity contribution is 6.91. The average Bonchev–Trinajstić information content (AvgIpc) is 2.66. The largest absolute Gasteiger partial charge is 0.432 e. The maximum Gasteiger partial charge on any atom is 0.328 e. The third-order valence-electron chi connectivity index (χ3n) is 5.14. The van der Waals surface area contributed by atoms with Crippen molar-refractivity contribution in [1.29, 1.82) is 0 Å². The third-order valence-corrected chi connectivity index (χ3v) is 13.4. The Morgan fingerprint density at radius 3 is 2.25 bits per heavy atom. The van der Waals surface area contributed by atoms with Crippen LogP contribution in [0.5, 0.6) is 0 Å². The molecule has 3 N–H and O–H groups in total. The van der Waals surface area contributed by atoms with Gasteiger partial charge in [0, 0.05) is 20.3 Å². The molecular formula is C20H38O6Si2. The first-order valence-corrected chi connectivity index (χ1v) is 15.1. The Balaban J connectivity index is 2.73. The van der Waals surface area contributed by atoms with Gasteiger partial charge in [-0.2, -0.15) is 0 Å². The highest BCUT2D eigenvalue weighted by atomic mass is 28.4. The van der Waals surface area contributed by atoms with Gasteiger partial charge in [-0.3, -0.25) is 0 Å². The van der Waals surface area contributed by atoms with Crippen molar-refractivity contribution >= 4 is 22.1 Å². The molecule has 1 rings (SSSR count). The van der Waals surface area contributed by atoms with Crippen LogP contribution in [-0.4, -0.2) is 70.8 Å². The topological polar surface area (TPSA) is 88.4 Å². The van der Waals surface area contributed by atoms with Crippen LogP contribution in [0.3, 0.4) is 0 Å². The van der Waals surface area contributed by atoms with Gasteiger partial charge in [-0.15, -0.1) is 0 Å². The molecule has 0 spiro atoms. The van der Waals surface area contributed by atoms with Crippen LogP contribution in [-0.2, 0) is 13.3 Å². The van der Waals surface area contributed by atoms with Crippen molar-refractivity contribution in [3.63, 3.8) is 0 Å². The van der Waals surface area contributed by atoms with Crippen molar-refractivity contribution in [1.82, 2.24) is 0 Å². The predicted octanol–water partition coefficient (Wildman–Crippen LogP) is 2.12. The molecule has 0 heterocycles. The summed E-state index contributed by atoms with van der Waals surface area (Å²) in [6, 6.07) is 11.7. The minimum atomic E-state index is -2.52. The van der Waals surface area contributed by atoms with Crippen molar-refractivity contribution in [3.8, 4) is 0 Å². The summed E-state index contributed by atoms with van der Waals surface area (Å²) < 4.78 is 18.3. The maximum atomic E-state index is 10.1. The second-order valence-corrected chi connectivity index (χ2v) is 15.8. The summed E-state index contributed by atoms with van der Waals surface area (Å²) in [4.78, 5) is 0. The van der Waals surface area contributed by atoms with Crippen LogP contribution in [0, 0.1) is 0 Å². The van der Waals surface area contributed by atoms with E-state index in [4.69, 9.17) is 13.3 Å². The molecule has 0 radical (unpaired) electrons. The SMILES string of the molecule is CO[Si](CCCO)(CCCOCC(C)(O)C(C)O)O[Si](C)(C)c1ccccc1. The van der Waals surface area contributed by atoms with E-state index in [1.54, 1.807) is 21.0 Å². The first kappa shape index (κ1) is 25.5. The summed E-state index contributed by atoms with van der Waals surface area (Å²) in [7, 11) is -2.97. The van der Waals surface area contributed by atoms with Crippen LogP contribution in [0.4, 0.5) is 0 Å². The van der Waals surface area contributed by atoms with E-state index >= 15 is 0 Å². The molecule has 8 heteroatoms. The molecule has 0 aliphatic carbocycles. The van der Waals surface area contributed by atoms with E-state index in [0.717, 1.165) is 18.5 Å². The Hall–Kier alpha value is -0.586. The second kappa shape index (κ2) is 11.6. The van der Waals surface area contributed by atoms with Crippen molar-refractivity contribution in [2.45, 2.75) is 63.6 Å². The zero-order chi connectivity index (χ0) is 21.3. The Morgan fingerprint density at radius 2 is 1.71 bits per heavy atom. The molecule has 0 saturated carbocycles. The predicted molar refractivity (Wildman–Crippen MR) is 116 cm³/mol. The summed E-state index contributed by atoms with van der Waals surface area (Å²) >= 11 is 0. The third kappa shape index (κ3) is 8.04. The lowest BCUT2D eigenvalue weighted by Gasteiger charge is -2.37. The lowest BCUT2D eigenvalue weighted by atomic mass is 10.0. The van der Waals surface area contributed by atoms with E-state index in [1.165, 1.54) is 5.19 Å². The van der Waals surface area contributed by atoms with Crippen LogP contribution in [0.2, 0.25) is 25.2 Å². The second-order valence-electron chi connectivity index (χ2n) is 8.11. The van der Waals surface area contributed by atoms with Crippen molar-refractivity contribution in [2.75, 3.05) is 26.9 Å². The van der Waals surface area contributed by atoms with Crippen molar-refractivity contribution in [3.05, 3.63) is 30.3 Å². The molecule has 0 bridgehead atoms. The summed E-state index contributed by atoms with van der Waals surface area (Å²) in [5.74, 6) is 0. The molecule has 28 heavy (non-hydrogen) atoms. The number of rotatable bonds is 14. The molecular weight excluding hydrogens is 392 g/mol. The zero-order valence-electron chi connectivity index (χ0n) is 18.0.